The lowest BCUT2D eigenvalue weighted by Gasteiger charge is -1.98. The monoisotopic (exact) mass is 252 g/mol. The third-order valence-corrected chi connectivity index (χ3v) is 2.93. The Kier molecular flexibility index (Phi) is 2.76. The summed E-state index contributed by atoms with van der Waals surface area (Å²) in [6.07, 6.45) is 3.33. The number of hydrogen-bond acceptors (Lipinski definition) is 3. The van der Waals surface area contributed by atoms with Crippen LogP contribution in [0.15, 0.2) is 57.8 Å². The molecule has 19 heavy (non-hydrogen) atoms. The minimum atomic E-state index is -0.213. The van der Waals surface area contributed by atoms with Crippen LogP contribution in [0.5, 0.6) is 0 Å². The first-order valence-electron chi connectivity index (χ1n) is 5.95. The Labute approximate surface area is 110 Å². The van der Waals surface area contributed by atoms with Gasteiger partial charge in [-0.1, -0.05) is 24.3 Å². The number of nitrogens with one attached hydrogen (secondary N) is 1. The Morgan fingerprint density at radius 2 is 2.05 bits per heavy atom. The van der Waals surface area contributed by atoms with E-state index < -0.39 is 0 Å². The van der Waals surface area contributed by atoms with E-state index >= 15 is 0 Å². The molecule has 0 saturated carbocycles. The first-order valence-corrected chi connectivity index (χ1v) is 5.95. The lowest BCUT2D eigenvalue weighted by Crippen LogP contribution is -2.24. The minimum absolute atomic E-state index is 0.213. The second-order valence-electron chi connectivity index (χ2n) is 4.28. The zero-order valence-corrected chi connectivity index (χ0v) is 10.4. The summed E-state index contributed by atoms with van der Waals surface area (Å²) in [5.41, 5.74) is 2.47. The quantitative estimate of drug-likeness (QED) is 0.835. The Morgan fingerprint density at radius 1 is 1.21 bits per heavy atom. The molecule has 94 valence electrons. The van der Waals surface area contributed by atoms with Crippen molar-refractivity contribution < 1.29 is 9.21 Å². The van der Waals surface area contributed by atoms with Gasteiger partial charge in [0, 0.05) is 0 Å². The molecule has 0 radical (unpaired) electrons. The topological polar surface area (TPSA) is 54.6 Å². The van der Waals surface area contributed by atoms with Gasteiger partial charge in [0.1, 0.15) is 5.70 Å². The standard InChI is InChI=1S/C15H12N2O2/c1-10-5-2-3-6-11(10)9-12-15(18)17-14(16-12)13-7-4-8-19-13/h2-9H,1H3,(H,16,17,18)/b12-9-. The maximum atomic E-state index is 11.9. The number of nitrogens with zero attached hydrogens (tertiary/aromatic N) is 1. The Hall–Kier alpha value is -2.62. The number of rotatable bonds is 2. The molecule has 3 rings (SSSR count). The number of aryl methyl sites for hydroxylation is 1. The smallest absolute Gasteiger partial charge is 0.275 e. The molecule has 0 fully saturated rings. The molecule has 1 amide bonds. The van der Waals surface area contributed by atoms with Crippen molar-refractivity contribution in [3.8, 4) is 0 Å². The van der Waals surface area contributed by atoms with Gasteiger partial charge >= 0.3 is 0 Å². The summed E-state index contributed by atoms with van der Waals surface area (Å²) in [5.74, 6) is 0.797. The van der Waals surface area contributed by atoms with Crippen LogP contribution in [0.1, 0.15) is 16.9 Å². The summed E-state index contributed by atoms with van der Waals surface area (Å²) < 4.78 is 5.22. The predicted molar refractivity (Wildman–Crippen MR) is 72.5 cm³/mol. The number of carbonyl (C=O) groups is 1. The molecule has 0 atom stereocenters. The van der Waals surface area contributed by atoms with E-state index in [1.807, 2.05) is 31.2 Å². The lowest BCUT2D eigenvalue weighted by atomic mass is 10.1. The molecule has 2 aromatic rings. The first kappa shape index (κ1) is 11.5. The minimum Gasteiger partial charge on any atom is -0.461 e. The summed E-state index contributed by atoms with van der Waals surface area (Å²) in [5, 5.41) is 2.70. The largest absolute Gasteiger partial charge is 0.461 e. The van der Waals surface area contributed by atoms with Crippen LogP contribution < -0.4 is 5.32 Å². The molecule has 1 N–H and O–H groups in total. The van der Waals surface area contributed by atoms with E-state index in [-0.39, 0.29) is 5.91 Å². The van der Waals surface area contributed by atoms with E-state index in [0.717, 1.165) is 11.1 Å². The van der Waals surface area contributed by atoms with Crippen LogP contribution in [0.4, 0.5) is 0 Å². The van der Waals surface area contributed by atoms with Crippen molar-refractivity contribution in [2.45, 2.75) is 6.92 Å². The maximum absolute atomic E-state index is 11.9. The van der Waals surface area contributed by atoms with E-state index in [0.29, 0.717) is 17.3 Å². The van der Waals surface area contributed by atoms with Crippen LogP contribution in [0.2, 0.25) is 0 Å². The van der Waals surface area contributed by atoms with Crippen LogP contribution in [0.25, 0.3) is 6.08 Å². The molecule has 0 bridgehead atoms. The average molecular weight is 252 g/mol. The highest BCUT2D eigenvalue weighted by atomic mass is 16.3. The van der Waals surface area contributed by atoms with Crippen molar-refractivity contribution in [2.75, 3.05) is 0 Å². The van der Waals surface area contributed by atoms with Gasteiger partial charge in [-0.2, -0.15) is 0 Å². The van der Waals surface area contributed by atoms with Crippen LogP contribution in [0, 0.1) is 6.92 Å². The van der Waals surface area contributed by atoms with Gasteiger partial charge in [0.05, 0.1) is 6.26 Å². The lowest BCUT2D eigenvalue weighted by molar-refractivity contribution is -0.115. The summed E-state index contributed by atoms with van der Waals surface area (Å²) in [7, 11) is 0. The second-order valence-corrected chi connectivity index (χ2v) is 4.28. The number of furan rings is 1. The number of aliphatic imine (C=N–C) groups is 1. The van der Waals surface area contributed by atoms with E-state index in [4.69, 9.17) is 4.42 Å². The molecule has 1 aromatic heterocycles. The van der Waals surface area contributed by atoms with Gasteiger partial charge < -0.3 is 9.73 Å². The molecule has 0 saturated heterocycles. The van der Waals surface area contributed by atoms with Gasteiger partial charge in [-0.25, -0.2) is 4.99 Å². The Bertz CT molecular complexity index is 682. The van der Waals surface area contributed by atoms with Crippen molar-refractivity contribution in [3.05, 3.63) is 65.2 Å². The fourth-order valence-electron chi connectivity index (χ4n) is 1.89. The van der Waals surface area contributed by atoms with E-state index in [2.05, 4.69) is 10.3 Å². The van der Waals surface area contributed by atoms with Gasteiger partial charge in [-0.3, -0.25) is 4.79 Å². The highest BCUT2D eigenvalue weighted by molar-refractivity contribution is 6.18. The molecule has 4 nitrogen and oxygen atoms in total. The molecule has 1 aliphatic heterocycles. The second kappa shape index (κ2) is 4.57. The van der Waals surface area contributed by atoms with E-state index in [1.165, 1.54) is 0 Å². The molecule has 1 aliphatic rings. The van der Waals surface area contributed by atoms with Crippen molar-refractivity contribution in [1.82, 2.24) is 5.32 Å². The van der Waals surface area contributed by atoms with Gasteiger partial charge in [-0.05, 0) is 36.3 Å². The number of amides is 1. The van der Waals surface area contributed by atoms with Crippen LogP contribution in [0.3, 0.4) is 0 Å². The Balaban J connectivity index is 1.98. The average Bonchev–Trinajstić information content (AvgIpc) is 3.02. The fraction of sp³-hybridized carbons (Fsp3) is 0.0667. The zero-order valence-electron chi connectivity index (χ0n) is 10.4. The van der Waals surface area contributed by atoms with Crippen LogP contribution >= 0.6 is 0 Å². The summed E-state index contributed by atoms with van der Waals surface area (Å²) in [4.78, 5) is 16.1. The molecule has 4 heteroatoms. The SMILES string of the molecule is Cc1ccccc1/C=C1\N=C(c2ccco2)NC1=O. The molecule has 0 aliphatic carbocycles. The van der Waals surface area contributed by atoms with Gasteiger partial charge in [0.15, 0.2) is 11.6 Å². The van der Waals surface area contributed by atoms with Crippen molar-refractivity contribution in [1.29, 1.82) is 0 Å². The molecular weight excluding hydrogens is 240 g/mol. The Morgan fingerprint density at radius 3 is 2.79 bits per heavy atom. The summed E-state index contributed by atoms with van der Waals surface area (Å²) in [6.45, 7) is 2.00. The summed E-state index contributed by atoms with van der Waals surface area (Å²) in [6, 6.07) is 11.4. The highest BCUT2D eigenvalue weighted by Crippen LogP contribution is 2.17. The number of hydrogen-bond donors (Lipinski definition) is 1. The van der Waals surface area contributed by atoms with Crippen molar-refractivity contribution in [3.63, 3.8) is 0 Å². The third kappa shape index (κ3) is 2.20. The number of benzene rings is 1. The number of carbonyl (C=O) groups excluding carboxylic acids is 1. The van der Waals surface area contributed by atoms with Crippen LogP contribution in [-0.4, -0.2) is 11.7 Å². The summed E-state index contributed by atoms with van der Waals surface area (Å²) >= 11 is 0. The first-order chi connectivity index (χ1) is 9.24. The van der Waals surface area contributed by atoms with E-state index in [1.54, 1.807) is 24.5 Å². The molecule has 1 aromatic carbocycles. The number of amidine groups is 1. The van der Waals surface area contributed by atoms with Crippen molar-refractivity contribution >= 4 is 17.8 Å². The molecule has 0 unspecified atom stereocenters. The molecule has 0 spiro atoms. The molecular formula is C15H12N2O2. The highest BCUT2D eigenvalue weighted by Gasteiger charge is 2.22. The molecule has 2 heterocycles. The van der Waals surface area contributed by atoms with Crippen molar-refractivity contribution in [2.24, 2.45) is 4.99 Å². The van der Waals surface area contributed by atoms with Gasteiger partial charge in [-0.15, -0.1) is 0 Å². The normalized spacial score (nSPS) is 16.6. The predicted octanol–water partition coefficient (Wildman–Crippen LogP) is 2.51. The van der Waals surface area contributed by atoms with Gasteiger partial charge in [0.2, 0.25) is 0 Å². The third-order valence-electron chi connectivity index (χ3n) is 2.93. The fourth-order valence-corrected chi connectivity index (χ4v) is 1.89. The van der Waals surface area contributed by atoms with Gasteiger partial charge in [0.25, 0.3) is 5.91 Å². The van der Waals surface area contributed by atoms with Crippen LogP contribution in [-0.2, 0) is 4.79 Å². The maximum Gasteiger partial charge on any atom is 0.275 e. The zero-order chi connectivity index (χ0) is 13.2. The van der Waals surface area contributed by atoms with E-state index in [9.17, 15) is 4.79 Å².